The third kappa shape index (κ3) is 4.45. The number of imidazole rings is 1. The van der Waals surface area contributed by atoms with E-state index >= 15 is 4.39 Å². The van der Waals surface area contributed by atoms with Crippen LogP contribution in [0.5, 0.6) is 0 Å². The van der Waals surface area contributed by atoms with Gasteiger partial charge in [-0.05, 0) is 38.8 Å². The zero-order chi connectivity index (χ0) is 26.7. The number of methoxy groups -OCH3 is 1. The van der Waals surface area contributed by atoms with Crippen LogP contribution in [0.15, 0.2) is 18.3 Å². The molecule has 3 aliphatic rings. The number of alkyl carbamates (subject to hydrolysis) is 1. The second-order valence-electron chi connectivity index (χ2n) is 10.2. The molecule has 11 nitrogen and oxygen atoms in total. The maximum Gasteiger partial charge on any atom is 0.407 e. The molecule has 3 fully saturated rings. The number of aliphatic hydroxyl groups is 1. The number of carbonyl (C=O) groups excluding carboxylic acids is 1. The van der Waals surface area contributed by atoms with Crippen LogP contribution in [0.4, 0.5) is 15.1 Å². The summed E-state index contributed by atoms with van der Waals surface area (Å²) in [5, 5.41) is 16.7. The van der Waals surface area contributed by atoms with Gasteiger partial charge in [-0.15, -0.1) is 0 Å². The standard InChI is InChI=1S/C25H28ClFN6O5/c1-10(2)33-18-5-11(4-15(27)20(18)31-22(33)13-7-16(13)30-25(35)36-3)19-14(26)8-28-24(32-19)29-17-6-12-9-37-23(38-12)21(17)34/h4-5,8,10,12-13,16-17,21,23,34H,6-7,9H2,1-3H3,(H,30,35)(H,28,29,32)/t12-,13-,16-,17+,21-,23+/m0/s1. The molecule has 1 aromatic carbocycles. The maximum absolute atomic E-state index is 15.5. The van der Waals surface area contributed by atoms with Crippen molar-refractivity contribution < 1.29 is 28.5 Å². The molecule has 0 radical (unpaired) electrons. The predicted molar refractivity (Wildman–Crippen MR) is 135 cm³/mol. The van der Waals surface area contributed by atoms with E-state index in [4.69, 9.17) is 25.8 Å². The normalized spacial score (nSPS) is 28.1. The number of carbonyl (C=O) groups is 1. The van der Waals surface area contributed by atoms with Gasteiger partial charge in [-0.2, -0.15) is 0 Å². The van der Waals surface area contributed by atoms with Gasteiger partial charge >= 0.3 is 6.09 Å². The Hall–Kier alpha value is -3.06. The quantitative estimate of drug-likeness (QED) is 0.425. The van der Waals surface area contributed by atoms with Crippen LogP contribution in [0.25, 0.3) is 22.3 Å². The van der Waals surface area contributed by atoms with Crippen LogP contribution in [0.2, 0.25) is 5.02 Å². The number of benzene rings is 1. The summed E-state index contributed by atoms with van der Waals surface area (Å²) in [5.41, 5.74) is 1.66. The van der Waals surface area contributed by atoms with E-state index in [9.17, 15) is 9.90 Å². The zero-order valence-electron chi connectivity index (χ0n) is 21.0. The van der Waals surface area contributed by atoms with Crippen LogP contribution < -0.4 is 10.6 Å². The molecule has 0 unspecified atom stereocenters. The van der Waals surface area contributed by atoms with E-state index in [1.807, 2.05) is 24.5 Å². The minimum atomic E-state index is -0.885. The van der Waals surface area contributed by atoms with Crippen molar-refractivity contribution >= 4 is 34.7 Å². The number of aliphatic hydroxyl groups excluding tert-OH is 1. The van der Waals surface area contributed by atoms with Crippen LogP contribution >= 0.6 is 11.6 Å². The monoisotopic (exact) mass is 546 g/mol. The Kier molecular flexibility index (Phi) is 6.37. The molecular formula is C25H28ClFN6O5. The first-order valence-electron chi connectivity index (χ1n) is 12.5. The number of aromatic nitrogens is 4. The topological polar surface area (TPSA) is 133 Å². The van der Waals surface area contributed by atoms with Crippen LogP contribution in [-0.4, -0.2) is 75.0 Å². The van der Waals surface area contributed by atoms with Gasteiger partial charge in [-0.25, -0.2) is 24.1 Å². The summed E-state index contributed by atoms with van der Waals surface area (Å²) in [6, 6.07) is 2.66. The molecule has 6 rings (SSSR count). The third-order valence-corrected chi connectivity index (χ3v) is 7.49. The molecule has 13 heteroatoms. The molecule has 1 saturated carbocycles. The number of hydrogen-bond acceptors (Lipinski definition) is 9. The Morgan fingerprint density at radius 3 is 2.87 bits per heavy atom. The molecule has 4 heterocycles. The second-order valence-corrected chi connectivity index (χ2v) is 10.6. The van der Waals surface area contributed by atoms with Crippen molar-refractivity contribution in [2.75, 3.05) is 19.0 Å². The van der Waals surface area contributed by atoms with Gasteiger partial charge in [0.1, 0.15) is 17.4 Å². The second kappa shape index (κ2) is 9.60. The first-order valence-corrected chi connectivity index (χ1v) is 12.9. The first-order chi connectivity index (χ1) is 18.2. The van der Waals surface area contributed by atoms with Crippen molar-refractivity contribution in [1.29, 1.82) is 0 Å². The molecule has 6 atom stereocenters. The first kappa shape index (κ1) is 25.2. The number of amides is 1. The van der Waals surface area contributed by atoms with Gasteiger partial charge in [0.05, 0.1) is 48.3 Å². The number of rotatable bonds is 6. The largest absolute Gasteiger partial charge is 0.453 e. The lowest BCUT2D eigenvalue weighted by atomic mass is 10.0. The number of nitrogens with one attached hydrogen (secondary N) is 2. The van der Waals surface area contributed by atoms with Gasteiger partial charge in [-0.1, -0.05) is 11.6 Å². The number of ether oxygens (including phenoxy) is 3. The van der Waals surface area contributed by atoms with E-state index in [1.54, 1.807) is 0 Å². The minimum Gasteiger partial charge on any atom is -0.453 e. The molecule has 3 N–H and O–H groups in total. The van der Waals surface area contributed by atoms with Gasteiger partial charge in [0.25, 0.3) is 0 Å². The van der Waals surface area contributed by atoms with Crippen LogP contribution in [0.3, 0.4) is 0 Å². The van der Waals surface area contributed by atoms with E-state index in [0.717, 1.165) is 0 Å². The summed E-state index contributed by atoms with van der Waals surface area (Å²) in [4.78, 5) is 25.1. The fourth-order valence-electron chi connectivity index (χ4n) is 5.30. The highest BCUT2D eigenvalue weighted by Gasteiger charge is 2.45. The fraction of sp³-hybridized carbons (Fsp3) is 0.520. The lowest BCUT2D eigenvalue weighted by Crippen LogP contribution is -2.48. The Labute approximate surface area is 222 Å². The number of hydrogen-bond donors (Lipinski definition) is 3. The van der Waals surface area contributed by atoms with Crippen molar-refractivity contribution in [3.05, 3.63) is 35.0 Å². The van der Waals surface area contributed by atoms with Crippen molar-refractivity contribution in [1.82, 2.24) is 24.8 Å². The molecule has 3 aromatic rings. The third-order valence-electron chi connectivity index (χ3n) is 7.22. The number of nitrogens with zero attached hydrogens (tertiary/aromatic N) is 4. The lowest BCUT2D eigenvalue weighted by molar-refractivity contribution is -0.156. The smallest absolute Gasteiger partial charge is 0.407 e. The Morgan fingerprint density at radius 1 is 1.29 bits per heavy atom. The SMILES string of the molecule is COC(=O)N[C@H]1C[C@@H]1c1nc2c(F)cc(-c3nc(N[C@@H]4C[C@H]5CO[C@H](O5)[C@H]4O)ncc3Cl)cc2n1C(C)C. The fourth-order valence-corrected chi connectivity index (χ4v) is 5.50. The average molecular weight is 547 g/mol. The average Bonchev–Trinajstić information content (AvgIpc) is 3.34. The van der Waals surface area contributed by atoms with Crippen LogP contribution in [0, 0.1) is 5.82 Å². The summed E-state index contributed by atoms with van der Waals surface area (Å²) < 4.78 is 33.2. The number of anilines is 1. The zero-order valence-corrected chi connectivity index (χ0v) is 21.8. The van der Waals surface area contributed by atoms with E-state index in [1.165, 1.54) is 19.4 Å². The highest BCUT2D eigenvalue weighted by Crippen LogP contribution is 2.43. The summed E-state index contributed by atoms with van der Waals surface area (Å²) in [7, 11) is 1.32. The van der Waals surface area contributed by atoms with Gasteiger partial charge < -0.3 is 34.5 Å². The summed E-state index contributed by atoms with van der Waals surface area (Å²) in [5.74, 6) is 0.404. The Balaban J connectivity index is 1.33. The lowest BCUT2D eigenvalue weighted by Gasteiger charge is -2.32. The molecule has 2 bridgehead atoms. The van der Waals surface area contributed by atoms with Crippen molar-refractivity contribution in [2.45, 2.75) is 69.2 Å². The van der Waals surface area contributed by atoms with Gasteiger partial charge in [0.2, 0.25) is 5.95 Å². The van der Waals surface area contributed by atoms with E-state index < -0.39 is 24.3 Å². The Bertz CT molecular complexity index is 1400. The van der Waals surface area contributed by atoms with Crippen LogP contribution in [-0.2, 0) is 14.2 Å². The van der Waals surface area contributed by atoms with Crippen molar-refractivity contribution in [3.8, 4) is 11.3 Å². The molecule has 38 heavy (non-hydrogen) atoms. The summed E-state index contributed by atoms with van der Waals surface area (Å²) >= 11 is 6.47. The van der Waals surface area contributed by atoms with Gasteiger partial charge in [-0.3, -0.25) is 0 Å². The number of halogens is 2. The minimum absolute atomic E-state index is 0.0188. The Morgan fingerprint density at radius 2 is 2.11 bits per heavy atom. The molecule has 2 saturated heterocycles. The molecule has 2 aromatic heterocycles. The number of fused-ring (bicyclic) bond motifs is 3. The molecule has 0 spiro atoms. The van der Waals surface area contributed by atoms with Crippen molar-refractivity contribution in [3.63, 3.8) is 0 Å². The van der Waals surface area contributed by atoms with E-state index in [0.29, 0.717) is 42.0 Å². The molecule has 202 valence electrons. The molecule has 1 aliphatic carbocycles. The highest BCUT2D eigenvalue weighted by atomic mass is 35.5. The maximum atomic E-state index is 15.5. The summed E-state index contributed by atoms with van der Waals surface area (Å²) in [6.45, 7) is 4.42. The predicted octanol–water partition coefficient (Wildman–Crippen LogP) is 3.37. The van der Waals surface area contributed by atoms with E-state index in [2.05, 4.69) is 25.6 Å². The van der Waals surface area contributed by atoms with Crippen LogP contribution in [0.1, 0.15) is 44.5 Å². The van der Waals surface area contributed by atoms with Gasteiger partial charge in [0, 0.05) is 23.6 Å². The summed E-state index contributed by atoms with van der Waals surface area (Å²) in [6.07, 6.45) is 0.486. The molecule has 1 amide bonds. The van der Waals surface area contributed by atoms with Gasteiger partial charge in [0.15, 0.2) is 12.1 Å². The highest BCUT2D eigenvalue weighted by molar-refractivity contribution is 6.33. The molecular weight excluding hydrogens is 519 g/mol. The van der Waals surface area contributed by atoms with E-state index in [-0.39, 0.29) is 46.6 Å². The van der Waals surface area contributed by atoms with Crippen molar-refractivity contribution in [2.24, 2.45) is 0 Å². The molecule has 2 aliphatic heterocycles.